The molecular formula is C23H22N2O3. The maximum Gasteiger partial charge on any atom is 0.270 e. The van der Waals surface area contributed by atoms with E-state index in [0.717, 1.165) is 16.9 Å². The van der Waals surface area contributed by atoms with Gasteiger partial charge in [0, 0.05) is 25.9 Å². The Kier molecular flexibility index (Phi) is 6.07. The number of hydrogen-bond donors (Lipinski definition) is 0. The van der Waals surface area contributed by atoms with Gasteiger partial charge in [-0.25, -0.2) is 0 Å². The van der Waals surface area contributed by atoms with Crippen LogP contribution >= 0.6 is 0 Å². The first-order chi connectivity index (χ1) is 13.6. The van der Waals surface area contributed by atoms with Crippen LogP contribution in [0.2, 0.25) is 0 Å². The summed E-state index contributed by atoms with van der Waals surface area (Å²) in [7, 11) is 3.33. The summed E-state index contributed by atoms with van der Waals surface area (Å²) in [6.45, 7) is 0.446. The van der Waals surface area contributed by atoms with Crippen molar-refractivity contribution < 1.29 is 9.53 Å². The van der Waals surface area contributed by atoms with Gasteiger partial charge >= 0.3 is 0 Å². The fourth-order valence-electron chi connectivity index (χ4n) is 2.84. The Labute approximate surface area is 164 Å². The highest BCUT2D eigenvalue weighted by atomic mass is 16.5. The molecule has 0 atom stereocenters. The minimum atomic E-state index is -0.260. The van der Waals surface area contributed by atoms with E-state index >= 15 is 0 Å². The van der Waals surface area contributed by atoms with Gasteiger partial charge < -0.3 is 9.64 Å². The lowest BCUT2D eigenvalue weighted by Gasteiger charge is -2.20. The van der Waals surface area contributed by atoms with Crippen molar-refractivity contribution in [3.8, 4) is 5.75 Å². The van der Waals surface area contributed by atoms with E-state index < -0.39 is 0 Å². The molecule has 0 spiro atoms. The summed E-state index contributed by atoms with van der Waals surface area (Å²) in [4.78, 5) is 27.2. The van der Waals surface area contributed by atoms with E-state index in [1.807, 2.05) is 54.6 Å². The van der Waals surface area contributed by atoms with Gasteiger partial charge in [0.1, 0.15) is 11.4 Å². The molecule has 1 amide bonds. The Morgan fingerprint density at radius 1 is 1.00 bits per heavy atom. The van der Waals surface area contributed by atoms with Crippen LogP contribution in [0.15, 0.2) is 83.8 Å². The van der Waals surface area contributed by atoms with E-state index in [1.54, 1.807) is 43.5 Å². The SMILES string of the molecule is COc1ccc(C=C(C(=O)N(C)Cc2ccccc2)n2ccccc2=O)cc1. The van der Waals surface area contributed by atoms with E-state index in [0.29, 0.717) is 6.54 Å². The van der Waals surface area contributed by atoms with Crippen LogP contribution in [0.1, 0.15) is 11.1 Å². The van der Waals surface area contributed by atoms with Crippen LogP contribution in [0, 0.1) is 0 Å². The highest BCUT2D eigenvalue weighted by molar-refractivity contribution is 6.18. The minimum Gasteiger partial charge on any atom is -0.497 e. The third-order valence-electron chi connectivity index (χ3n) is 4.33. The van der Waals surface area contributed by atoms with Gasteiger partial charge in [-0.2, -0.15) is 0 Å². The number of carbonyl (C=O) groups excluding carboxylic acids is 1. The normalized spacial score (nSPS) is 11.1. The number of carbonyl (C=O) groups is 1. The predicted molar refractivity (Wildman–Crippen MR) is 111 cm³/mol. The zero-order valence-electron chi connectivity index (χ0n) is 15.9. The molecule has 5 nitrogen and oxygen atoms in total. The zero-order valence-corrected chi connectivity index (χ0v) is 15.9. The molecule has 0 radical (unpaired) electrons. The van der Waals surface area contributed by atoms with Gasteiger partial charge in [0.15, 0.2) is 0 Å². The summed E-state index contributed by atoms with van der Waals surface area (Å²) in [5.41, 5.74) is 1.84. The average Bonchev–Trinajstić information content (AvgIpc) is 2.73. The largest absolute Gasteiger partial charge is 0.497 e. The molecule has 0 aliphatic heterocycles. The van der Waals surface area contributed by atoms with Crippen LogP contribution in [0.5, 0.6) is 5.75 Å². The number of aromatic nitrogens is 1. The van der Waals surface area contributed by atoms with Crippen molar-refractivity contribution in [2.45, 2.75) is 6.54 Å². The molecule has 0 bridgehead atoms. The Hall–Kier alpha value is -3.60. The number of nitrogens with zero attached hydrogens (tertiary/aromatic N) is 2. The third-order valence-corrected chi connectivity index (χ3v) is 4.33. The number of benzene rings is 2. The summed E-state index contributed by atoms with van der Waals surface area (Å²) < 4.78 is 6.55. The zero-order chi connectivity index (χ0) is 19.9. The second kappa shape index (κ2) is 8.86. The van der Waals surface area contributed by atoms with Gasteiger partial charge in [-0.05, 0) is 35.4 Å². The third kappa shape index (κ3) is 4.57. The minimum absolute atomic E-state index is 0.243. The molecule has 0 saturated carbocycles. The molecule has 1 heterocycles. The van der Waals surface area contributed by atoms with Crippen LogP contribution in [-0.4, -0.2) is 29.5 Å². The molecule has 0 aliphatic carbocycles. The molecule has 0 N–H and O–H groups in total. The van der Waals surface area contributed by atoms with Crippen molar-refractivity contribution in [3.05, 3.63) is 100 Å². The number of ether oxygens (including phenoxy) is 1. The first-order valence-corrected chi connectivity index (χ1v) is 8.91. The molecule has 0 fully saturated rings. The summed E-state index contributed by atoms with van der Waals surface area (Å²) in [5, 5.41) is 0. The van der Waals surface area contributed by atoms with E-state index in [4.69, 9.17) is 4.74 Å². The van der Waals surface area contributed by atoms with Crippen LogP contribution in [0.3, 0.4) is 0 Å². The Bertz CT molecular complexity index is 1020. The van der Waals surface area contributed by atoms with Crippen LogP contribution in [0.4, 0.5) is 0 Å². The molecule has 28 heavy (non-hydrogen) atoms. The monoisotopic (exact) mass is 374 g/mol. The van der Waals surface area contributed by atoms with Crippen molar-refractivity contribution in [2.75, 3.05) is 14.2 Å². The lowest BCUT2D eigenvalue weighted by Crippen LogP contribution is -2.32. The van der Waals surface area contributed by atoms with Crippen molar-refractivity contribution in [3.63, 3.8) is 0 Å². The van der Waals surface area contributed by atoms with Gasteiger partial charge in [0.05, 0.1) is 7.11 Å². The van der Waals surface area contributed by atoms with Crippen LogP contribution < -0.4 is 10.3 Å². The number of amides is 1. The second-order valence-electron chi connectivity index (χ2n) is 6.36. The van der Waals surface area contributed by atoms with Gasteiger partial charge in [-0.1, -0.05) is 48.5 Å². The highest BCUT2D eigenvalue weighted by Gasteiger charge is 2.18. The summed E-state index contributed by atoms with van der Waals surface area (Å²) in [6.07, 6.45) is 3.32. The molecule has 2 aromatic carbocycles. The van der Waals surface area contributed by atoms with Gasteiger partial charge in [-0.15, -0.1) is 0 Å². The van der Waals surface area contributed by atoms with E-state index in [2.05, 4.69) is 0 Å². The second-order valence-corrected chi connectivity index (χ2v) is 6.36. The first-order valence-electron chi connectivity index (χ1n) is 8.91. The number of likely N-dealkylation sites (N-methyl/N-ethyl adjacent to an activating group) is 1. The summed E-state index contributed by atoms with van der Waals surface area (Å²) in [5.74, 6) is 0.482. The number of hydrogen-bond acceptors (Lipinski definition) is 3. The van der Waals surface area contributed by atoms with Crippen LogP contribution in [0.25, 0.3) is 11.8 Å². The molecular weight excluding hydrogens is 352 g/mol. The number of pyridine rings is 1. The Morgan fingerprint density at radius 2 is 1.68 bits per heavy atom. The topological polar surface area (TPSA) is 51.5 Å². The smallest absolute Gasteiger partial charge is 0.270 e. The fraction of sp³-hybridized carbons (Fsp3) is 0.130. The quantitative estimate of drug-likeness (QED) is 0.621. The first kappa shape index (κ1) is 19.2. The lowest BCUT2D eigenvalue weighted by molar-refractivity contribution is -0.124. The Balaban J connectivity index is 1.98. The molecule has 0 unspecified atom stereocenters. The maximum atomic E-state index is 13.2. The molecule has 0 aliphatic rings. The molecule has 1 aromatic heterocycles. The number of methoxy groups -OCH3 is 1. The Morgan fingerprint density at radius 3 is 2.32 bits per heavy atom. The molecule has 3 rings (SSSR count). The van der Waals surface area contributed by atoms with Gasteiger partial charge in [0.25, 0.3) is 11.5 Å². The van der Waals surface area contributed by atoms with Crippen molar-refractivity contribution in [1.29, 1.82) is 0 Å². The number of rotatable bonds is 6. The van der Waals surface area contributed by atoms with Crippen molar-refractivity contribution >= 4 is 17.7 Å². The van der Waals surface area contributed by atoms with Gasteiger partial charge in [0.2, 0.25) is 0 Å². The van der Waals surface area contributed by atoms with E-state index in [9.17, 15) is 9.59 Å². The van der Waals surface area contributed by atoms with E-state index in [-0.39, 0.29) is 17.2 Å². The van der Waals surface area contributed by atoms with Gasteiger partial charge in [-0.3, -0.25) is 14.2 Å². The predicted octanol–water partition coefficient (Wildman–Crippen LogP) is 3.51. The average molecular weight is 374 g/mol. The van der Waals surface area contributed by atoms with Crippen LogP contribution in [-0.2, 0) is 11.3 Å². The maximum absolute atomic E-state index is 13.2. The fourth-order valence-corrected chi connectivity index (χ4v) is 2.84. The van der Waals surface area contributed by atoms with E-state index in [1.165, 1.54) is 10.6 Å². The molecule has 5 heteroatoms. The molecule has 0 saturated heterocycles. The van der Waals surface area contributed by atoms with Crippen molar-refractivity contribution in [1.82, 2.24) is 9.47 Å². The standard InChI is InChI=1S/C23H22N2O3/c1-24(17-19-8-4-3-5-9-19)23(27)21(25-15-7-6-10-22(25)26)16-18-11-13-20(28-2)14-12-18/h3-16H,17H2,1-2H3. The van der Waals surface area contributed by atoms with Crippen molar-refractivity contribution in [2.24, 2.45) is 0 Å². The summed E-state index contributed by atoms with van der Waals surface area (Å²) >= 11 is 0. The summed E-state index contributed by atoms with van der Waals surface area (Å²) in [6, 6.07) is 21.9. The molecule has 142 valence electrons. The highest BCUT2D eigenvalue weighted by Crippen LogP contribution is 2.17. The molecule has 3 aromatic rings. The lowest BCUT2D eigenvalue weighted by atomic mass is 10.1.